The minimum atomic E-state index is -0.420. The number of likely N-dealkylation sites (N-methyl/N-ethyl adjacent to an activating group) is 1. The number of rotatable bonds is 5. The van der Waals surface area contributed by atoms with Gasteiger partial charge in [-0.3, -0.25) is 10.1 Å². The van der Waals surface area contributed by atoms with Crippen molar-refractivity contribution >= 4 is 28.9 Å². The Morgan fingerprint density at radius 2 is 1.94 bits per heavy atom. The highest BCUT2D eigenvalue weighted by Gasteiger charge is 2.25. The van der Waals surface area contributed by atoms with Crippen LogP contribution in [0.3, 0.4) is 0 Å². The van der Waals surface area contributed by atoms with Crippen molar-refractivity contribution in [2.75, 3.05) is 7.05 Å². The second-order valence-electron chi connectivity index (χ2n) is 4.17. The zero-order chi connectivity index (χ0) is 13.9. The van der Waals surface area contributed by atoms with E-state index >= 15 is 0 Å². The number of nitro groups is 1. The first-order valence-electron chi connectivity index (χ1n) is 5.72. The van der Waals surface area contributed by atoms with E-state index in [1.165, 1.54) is 6.07 Å². The number of hydrogen-bond donors (Lipinski definition) is 1. The predicted molar refractivity (Wildman–Crippen MR) is 74.7 cm³/mol. The monoisotopic (exact) mass is 290 g/mol. The van der Waals surface area contributed by atoms with Gasteiger partial charge >= 0.3 is 0 Å². The topological polar surface area (TPSA) is 55.2 Å². The first kappa shape index (κ1) is 15.2. The average Bonchev–Trinajstić information content (AvgIpc) is 2.33. The van der Waals surface area contributed by atoms with Crippen molar-refractivity contribution in [1.82, 2.24) is 5.32 Å². The molecule has 4 nitrogen and oxygen atoms in total. The number of benzene rings is 1. The highest BCUT2D eigenvalue weighted by Crippen LogP contribution is 2.36. The molecule has 2 unspecified atom stereocenters. The van der Waals surface area contributed by atoms with Gasteiger partial charge in [0.1, 0.15) is 0 Å². The summed E-state index contributed by atoms with van der Waals surface area (Å²) < 4.78 is 0. The standard InChI is InChI=1S/C12H16Cl2N2O2/c1-4-11(15-3)7(2)8-5-9(13)10(14)6-12(8)16(17)18/h5-7,11,15H,4H2,1-3H3. The van der Waals surface area contributed by atoms with Crippen LogP contribution in [-0.4, -0.2) is 18.0 Å². The zero-order valence-electron chi connectivity index (χ0n) is 10.5. The molecule has 0 aliphatic carbocycles. The Morgan fingerprint density at radius 1 is 1.39 bits per heavy atom. The second kappa shape index (κ2) is 6.36. The summed E-state index contributed by atoms with van der Waals surface area (Å²) >= 11 is 11.8. The van der Waals surface area contributed by atoms with Crippen LogP contribution >= 0.6 is 23.2 Å². The zero-order valence-corrected chi connectivity index (χ0v) is 12.0. The number of halogens is 2. The molecular formula is C12H16Cl2N2O2. The summed E-state index contributed by atoms with van der Waals surface area (Å²) in [5.74, 6) is -0.0184. The molecule has 0 fully saturated rings. The van der Waals surface area contributed by atoms with Crippen molar-refractivity contribution in [3.8, 4) is 0 Å². The van der Waals surface area contributed by atoms with Crippen LogP contribution in [0, 0.1) is 10.1 Å². The molecule has 0 aliphatic heterocycles. The molecule has 100 valence electrons. The minimum Gasteiger partial charge on any atom is -0.316 e. The summed E-state index contributed by atoms with van der Waals surface area (Å²) in [5, 5.41) is 14.8. The normalized spacial score (nSPS) is 14.3. The third kappa shape index (κ3) is 3.13. The highest BCUT2D eigenvalue weighted by molar-refractivity contribution is 6.42. The molecule has 0 saturated carbocycles. The van der Waals surface area contributed by atoms with Gasteiger partial charge in [0.2, 0.25) is 0 Å². The summed E-state index contributed by atoms with van der Waals surface area (Å²) in [6.45, 7) is 3.97. The van der Waals surface area contributed by atoms with Crippen molar-refractivity contribution in [2.24, 2.45) is 0 Å². The smallest absolute Gasteiger partial charge is 0.274 e. The fourth-order valence-electron chi connectivity index (χ4n) is 2.10. The molecule has 1 rings (SSSR count). The lowest BCUT2D eigenvalue weighted by Crippen LogP contribution is -2.30. The minimum absolute atomic E-state index is 0.0184. The van der Waals surface area contributed by atoms with Gasteiger partial charge in [0.05, 0.1) is 15.0 Å². The van der Waals surface area contributed by atoms with E-state index in [4.69, 9.17) is 23.2 Å². The summed E-state index contributed by atoms with van der Waals surface area (Å²) in [7, 11) is 1.84. The number of nitro benzene ring substituents is 1. The van der Waals surface area contributed by atoms with Gasteiger partial charge in [0, 0.05) is 23.6 Å². The lowest BCUT2D eigenvalue weighted by molar-refractivity contribution is -0.385. The van der Waals surface area contributed by atoms with Crippen molar-refractivity contribution in [2.45, 2.75) is 32.2 Å². The van der Waals surface area contributed by atoms with Crippen LogP contribution in [0.4, 0.5) is 5.69 Å². The van der Waals surface area contributed by atoms with Gasteiger partial charge in [-0.1, -0.05) is 37.0 Å². The molecular weight excluding hydrogens is 275 g/mol. The maximum absolute atomic E-state index is 11.1. The molecule has 0 radical (unpaired) electrons. The van der Waals surface area contributed by atoms with Crippen LogP contribution in [0.15, 0.2) is 12.1 Å². The van der Waals surface area contributed by atoms with Crippen LogP contribution in [0.2, 0.25) is 10.0 Å². The molecule has 0 heterocycles. The van der Waals surface area contributed by atoms with E-state index in [9.17, 15) is 10.1 Å². The predicted octanol–water partition coefficient (Wildman–Crippen LogP) is 4.00. The van der Waals surface area contributed by atoms with E-state index in [1.54, 1.807) is 6.07 Å². The van der Waals surface area contributed by atoms with Crippen molar-refractivity contribution < 1.29 is 4.92 Å². The van der Waals surface area contributed by atoms with Crippen molar-refractivity contribution in [3.05, 3.63) is 37.9 Å². The lowest BCUT2D eigenvalue weighted by atomic mass is 9.90. The van der Waals surface area contributed by atoms with E-state index in [0.717, 1.165) is 6.42 Å². The summed E-state index contributed by atoms with van der Waals surface area (Å²) in [5.41, 5.74) is 0.626. The van der Waals surface area contributed by atoms with Crippen LogP contribution in [-0.2, 0) is 0 Å². The van der Waals surface area contributed by atoms with Gasteiger partial charge in [-0.25, -0.2) is 0 Å². The fourth-order valence-corrected chi connectivity index (χ4v) is 2.43. The third-order valence-corrected chi connectivity index (χ3v) is 3.89. The van der Waals surface area contributed by atoms with Gasteiger partial charge in [0.15, 0.2) is 0 Å². The van der Waals surface area contributed by atoms with E-state index in [0.29, 0.717) is 10.6 Å². The molecule has 0 aromatic heterocycles. The molecule has 1 N–H and O–H groups in total. The van der Waals surface area contributed by atoms with Gasteiger partial charge in [-0.2, -0.15) is 0 Å². The van der Waals surface area contributed by atoms with E-state index in [1.807, 2.05) is 20.9 Å². The molecule has 0 amide bonds. The Labute approximate surface area is 116 Å². The quantitative estimate of drug-likeness (QED) is 0.659. The number of hydrogen-bond acceptors (Lipinski definition) is 3. The van der Waals surface area contributed by atoms with Crippen LogP contribution in [0.1, 0.15) is 31.7 Å². The largest absolute Gasteiger partial charge is 0.316 e. The molecule has 0 saturated heterocycles. The molecule has 1 aromatic rings. The molecule has 6 heteroatoms. The SMILES string of the molecule is CCC(NC)C(C)c1cc(Cl)c(Cl)cc1[N+](=O)[O-]. The summed E-state index contributed by atoms with van der Waals surface area (Å²) in [6, 6.07) is 3.06. The Morgan fingerprint density at radius 3 is 2.39 bits per heavy atom. The van der Waals surface area contributed by atoms with Crippen molar-refractivity contribution in [1.29, 1.82) is 0 Å². The second-order valence-corrected chi connectivity index (χ2v) is 4.99. The van der Waals surface area contributed by atoms with Crippen molar-refractivity contribution in [3.63, 3.8) is 0 Å². The molecule has 1 aromatic carbocycles. The van der Waals surface area contributed by atoms with Gasteiger partial charge < -0.3 is 5.32 Å². The van der Waals surface area contributed by atoms with E-state index in [-0.39, 0.29) is 22.7 Å². The van der Waals surface area contributed by atoms with E-state index < -0.39 is 4.92 Å². The molecule has 18 heavy (non-hydrogen) atoms. The summed E-state index contributed by atoms with van der Waals surface area (Å²) in [6.07, 6.45) is 0.870. The Balaban J connectivity index is 3.29. The van der Waals surface area contributed by atoms with E-state index in [2.05, 4.69) is 5.32 Å². The summed E-state index contributed by atoms with van der Waals surface area (Å²) in [4.78, 5) is 10.7. The number of nitrogens with zero attached hydrogens (tertiary/aromatic N) is 1. The molecule has 0 aliphatic rings. The van der Waals surface area contributed by atoms with Crippen LogP contribution in [0.5, 0.6) is 0 Å². The van der Waals surface area contributed by atoms with Gasteiger partial charge in [0.25, 0.3) is 5.69 Å². The first-order valence-corrected chi connectivity index (χ1v) is 6.48. The fraction of sp³-hybridized carbons (Fsp3) is 0.500. The Kier molecular flexibility index (Phi) is 5.38. The maximum atomic E-state index is 11.1. The van der Waals surface area contributed by atoms with Gasteiger partial charge in [-0.15, -0.1) is 0 Å². The van der Waals surface area contributed by atoms with Gasteiger partial charge in [-0.05, 0) is 19.5 Å². The third-order valence-electron chi connectivity index (χ3n) is 3.17. The molecule has 0 spiro atoms. The van der Waals surface area contributed by atoms with Crippen LogP contribution in [0.25, 0.3) is 0 Å². The highest BCUT2D eigenvalue weighted by atomic mass is 35.5. The van der Waals surface area contributed by atoms with Crippen LogP contribution < -0.4 is 5.32 Å². The number of nitrogens with one attached hydrogen (secondary N) is 1. The Bertz CT molecular complexity index is 448. The average molecular weight is 291 g/mol. The maximum Gasteiger partial charge on any atom is 0.274 e. The molecule has 0 bridgehead atoms. The Hall–Kier alpha value is -0.840. The molecule has 2 atom stereocenters. The first-order chi connectivity index (χ1) is 8.42. The lowest BCUT2D eigenvalue weighted by Gasteiger charge is -2.22.